The number of nitrogens with two attached hydrogens (primary N) is 1. The van der Waals surface area contributed by atoms with Crippen molar-refractivity contribution in [2.75, 3.05) is 32.7 Å². The fraction of sp³-hybridized carbons (Fsp3) is 1.00. The van der Waals surface area contributed by atoms with E-state index in [1.165, 1.54) is 77.5 Å². The van der Waals surface area contributed by atoms with Gasteiger partial charge < -0.3 is 5.73 Å². The first-order chi connectivity index (χ1) is 9.69. The van der Waals surface area contributed by atoms with Gasteiger partial charge in [-0.05, 0) is 26.2 Å². The minimum absolute atomic E-state index is 0.238. The fourth-order valence-corrected chi connectivity index (χ4v) is 3.57. The van der Waals surface area contributed by atoms with E-state index in [2.05, 4.69) is 23.6 Å². The maximum absolute atomic E-state index is 6.13. The number of hydrogen-bond donors (Lipinski definition) is 1. The predicted octanol–water partition coefficient (Wildman–Crippen LogP) is 2.84. The van der Waals surface area contributed by atoms with Crippen molar-refractivity contribution in [3.63, 3.8) is 0 Å². The summed E-state index contributed by atoms with van der Waals surface area (Å²) in [6.45, 7) is 10.4. The standard InChI is InChI=1S/C17H35N3/c1-3-4-5-6-7-10-17(2,15-18)20-13-11-19(12-14-20)16-8-9-16/h16H,3-15,18H2,1-2H3. The van der Waals surface area contributed by atoms with Crippen LogP contribution in [0.2, 0.25) is 0 Å². The first-order valence-electron chi connectivity index (χ1n) is 8.89. The third kappa shape index (κ3) is 4.44. The van der Waals surface area contributed by atoms with E-state index in [1.807, 2.05) is 0 Å². The number of piperazine rings is 1. The molecule has 2 rings (SSSR count). The van der Waals surface area contributed by atoms with Crippen LogP contribution in [0.25, 0.3) is 0 Å². The normalized spacial score (nSPS) is 24.8. The SMILES string of the molecule is CCCCCCCC(C)(CN)N1CCN(C2CC2)CC1. The van der Waals surface area contributed by atoms with E-state index in [0.29, 0.717) is 0 Å². The maximum atomic E-state index is 6.13. The van der Waals surface area contributed by atoms with Crippen molar-refractivity contribution >= 4 is 0 Å². The Kier molecular flexibility index (Phi) is 6.31. The molecule has 1 aliphatic carbocycles. The molecule has 0 bridgehead atoms. The van der Waals surface area contributed by atoms with Gasteiger partial charge in [0.1, 0.15) is 0 Å². The van der Waals surface area contributed by atoms with Crippen LogP contribution in [0.4, 0.5) is 0 Å². The lowest BCUT2D eigenvalue weighted by molar-refractivity contribution is 0.0370. The molecule has 2 fully saturated rings. The summed E-state index contributed by atoms with van der Waals surface area (Å²) in [5, 5.41) is 0. The highest BCUT2D eigenvalue weighted by Gasteiger charge is 2.36. The number of nitrogens with zero attached hydrogens (tertiary/aromatic N) is 2. The predicted molar refractivity (Wildman–Crippen MR) is 87.0 cm³/mol. The highest BCUT2D eigenvalue weighted by molar-refractivity contribution is 4.93. The summed E-state index contributed by atoms with van der Waals surface area (Å²) in [6, 6.07) is 0.926. The summed E-state index contributed by atoms with van der Waals surface area (Å²) in [6.07, 6.45) is 11.0. The second kappa shape index (κ2) is 7.77. The lowest BCUT2D eigenvalue weighted by Gasteiger charge is -2.46. The van der Waals surface area contributed by atoms with E-state index in [-0.39, 0.29) is 5.54 Å². The van der Waals surface area contributed by atoms with Gasteiger partial charge in [0, 0.05) is 44.3 Å². The fourth-order valence-electron chi connectivity index (χ4n) is 3.57. The molecule has 20 heavy (non-hydrogen) atoms. The molecule has 0 spiro atoms. The molecule has 2 aliphatic rings. The van der Waals surface area contributed by atoms with Crippen molar-refractivity contribution in [1.82, 2.24) is 9.80 Å². The molecule has 1 atom stereocenters. The smallest absolute Gasteiger partial charge is 0.0304 e. The minimum atomic E-state index is 0.238. The van der Waals surface area contributed by atoms with Crippen LogP contribution in [0.3, 0.4) is 0 Å². The molecule has 0 aromatic heterocycles. The molecule has 0 aromatic rings. The zero-order chi connectivity index (χ0) is 14.4. The zero-order valence-corrected chi connectivity index (χ0v) is 13.7. The monoisotopic (exact) mass is 281 g/mol. The van der Waals surface area contributed by atoms with E-state index >= 15 is 0 Å². The van der Waals surface area contributed by atoms with Gasteiger partial charge in [-0.2, -0.15) is 0 Å². The molecule has 0 amide bonds. The van der Waals surface area contributed by atoms with Crippen LogP contribution in [0.5, 0.6) is 0 Å². The van der Waals surface area contributed by atoms with Crippen molar-refractivity contribution in [3.05, 3.63) is 0 Å². The first-order valence-corrected chi connectivity index (χ1v) is 8.89. The molecule has 0 aromatic carbocycles. The van der Waals surface area contributed by atoms with E-state index in [1.54, 1.807) is 0 Å². The summed E-state index contributed by atoms with van der Waals surface area (Å²) in [5.41, 5.74) is 6.37. The molecule has 3 heteroatoms. The van der Waals surface area contributed by atoms with Crippen LogP contribution in [-0.4, -0.2) is 54.1 Å². The number of unbranched alkanes of at least 4 members (excludes halogenated alkanes) is 4. The second-order valence-corrected chi connectivity index (χ2v) is 7.12. The van der Waals surface area contributed by atoms with Gasteiger partial charge in [-0.25, -0.2) is 0 Å². The topological polar surface area (TPSA) is 32.5 Å². The summed E-state index contributed by atoms with van der Waals surface area (Å²) >= 11 is 0. The Morgan fingerprint density at radius 3 is 2.20 bits per heavy atom. The largest absolute Gasteiger partial charge is 0.329 e. The van der Waals surface area contributed by atoms with Crippen LogP contribution in [0.1, 0.15) is 65.2 Å². The van der Waals surface area contributed by atoms with Gasteiger partial charge in [0.15, 0.2) is 0 Å². The third-order valence-electron chi connectivity index (χ3n) is 5.40. The van der Waals surface area contributed by atoms with Gasteiger partial charge in [0.05, 0.1) is 0 Å². The average molecular weight is 281 g/mol. The lowest BCUT2D eigenvalue weighted by atomic mass is 9.91. The Balaban J connectivity index is 1.71. The Bertz CT molecular complexity index is 269. The van der Waals surface area contributed by atoms with Crippen LogP contribution in [-0.2, 0) is 0 Å². The quantitative estimate of drug-likeness (QED) is 0.660. The molecule has 0 radical (unpaired) electrons. The van der Waals surface area contributed by atoms with Crippen LogP contribution < -0.4 is 5.73 Å². The Hall–Kier alpha value is -0.120. The van der Waals surface area contributed by atoms with Gasteiger partial charge in [0.2, 0.25) is 0 Å². The van der Waals surface area contributed by atoms with Crippen molar-refractivity contribution in [2.24, 2.45) is 5.73 Å². The Morgan fingerprint density at radius 1 is 1.00 bits per heavy atom. The molecule has 1 aliphatic heterocycles. The molecular weight excluding hydrogens is 246 g/mol. The van der Waals surface area contributed by atoms with Gasteiger partial charge >= 0.3 is 0 Å². The van der Waals surface area contributed by atoms with Crippen LogP contribution >= 0.6 is 0 Å². The van der Waals surface area contributed by atoms with E-state index in [9.17, 15) is 0 Å². The third-order valence-corrected chi connectivity index (χ3v) is 5.40. The highest BCUT2D eigenvalue weighted by atomic mass is 15.3. The minimum Gasteiger partial charge on any atom is -0.329 e. The first kappa shape index (κ1) is 16.3. The van der Waals surface area contributed by atoms with Crippen molar-refractivity contribution in [1.29, 1.82) is 0 Å². The highest BCUT2D eigenvalue weighted by Crippen LogP contribution is 2.30. The molecule has 1 saturated carbocycles. The Morgan fingerprint density at radius 2 is 1.65 bits per heavy atom. The number of hydrogen-bond acceptors (Lipinski definition) is 3. The summed E-state index contributed by atoms with van der Waals surface area (Å²) in [7, 11) is 0. The lowest BCUT2D eigenvalue weighted by Crippen LogP contribution is -2.59. The molecule has 1 saturated heterocycles. The van der Waals surface area contributed by atoms with Gasteiger partial charge in [0.25, 0.3) is 0 Å². The zero-order valence-electron chi connectivity index (χ0n) is 13.7. The summed E-state index contributed by atoms with van der Waals surface area (Å²) < 4.78 is 0. The average Bonchev–Trinajstić information content (AvgIpc) is 3.32. The van der Waals surface area contributed by atoms with Gasteiger partial charge in [-0.15, -0.1) is 0 Å². The molecule has 3 nitrogen and oxygen atoms in total. The van der Waals surface area contributed by atoms with E-state index in [4.69, 9.17) is 5.73 Å². The molecular formula is C17H35N3. The summed E-state index contributed by atoms with van der Waals surface area (Å²) in [4.78, 5) is 5.36. The number of rotatable bonds is 9. The van der Waals surface area contributed by atoms with Crippen LogP contribution in [0, 0.1) is 0 Å². The van der Waals surface area contributed by atoms with Crippen molar-refractivity contribution < 1.29 is 0 Å². The van der Waals surface area contributed by atoms with Crippen molar-refractivity contribution in [3.8, 4) is 0 Å². The Labute approximate surface area is 125 Å². The van der Waals surface area contributed by atoms with Gasteiger partial charge in [-0.1, -0.05) is 39.0 Å². The maximum Gasteiger partial charge on any atom is 0.0304 e. The molecule has 118 valence electrons. The van der Waals surface area contributed by atoms with Crippen LogP contribution in [0.15, 0.2) is 0 Å². The van der Waals surface area contributed by atoms with Gasteiger partial charge in [-0.3, -0.25) is 9.80 Å². The van der Waals surface area contributed by atoms with E-state index in [0.717, 1.165) is 12.6 Å². The molecule has 1 unspecified atom stereocenters. The van der Waals surface area contributed by atoms with Crippen molar-refractivity contribution in [2.45, 2.75) is 76.8 Å². The molecule has 1 heterocycles. The second-order valence-electron chi connectivity index (χ2n) is 7.12. The summed E-state index contributed by atoms with van der Waals surface area (Å²) in [5.74, 6) is 0. The molecule has 2 N–H and O–H groups in total. The van der Waals surface area contributed by atoms with E-state index < -0.39 is 0 Å².